The molecule has 11 heteroatoms. The van der Waals surface area contributed by atoms with E-state index in [1.165, 1.54) is 6.42 Å². The third-order valence-electron chi connectivity index (χ3n) is 6.88. The fourth-order valence-electron chi connectivity index (χ4n) is 4.26. The third-order valence-corrected chi connectivity index (χ3v) is 6.88. The largest absolute Gasteiger partial charge is 0.461 e. The number of hydrogen-bond donors (Lipinski definition) is 5. The van der Waals surface area contributed by atoms with Crippen molar-refractivity contribution in [2.24, 2.45) is 23.5 Å². The standard InChI is InChI=1S/C32H53N5O6/c1-21(2)12-9-7-8-10-14-27(38)37-28(22(3)4)30(40)36-26(13-11-19-34-32(33)42)29(39)35-25-17-15-24(16-18-25)20-43-31(41)23(5)6/h15-18,21-23,26,28H,7-14,19-20H2,1-6H3,(H,35,39)(H,36,40)(H,37,38)(H3,33,34,42)/t26-,28-/m0/s1. The van der Waals surface area contributed by atoms with Crippen molar-refractivity contribution in [1.29, 1.82) is 0 Å². The summed E-state index contributed by atoms with van der Waals surface area (Å²) in [5, 5.41) is 10.9. The molecule has 0 aliphatic carbocycles. The zero-order chi connectivity index (χ0) is 32.4. The highest BCUT2D eigenvalue weighted by molar-refractivity contribution is 5.98. The van der Waals surface area contributed by atoms with E-state index in [1.807, 2.05) is 13.8 Å². The van der Waals surface area contributed by atoms with Crippen molar-refractivity contribution in [3.63, 3.8) is 0 Å². The molecule has 5 amide bonds. The normalized spacial score (nSPS) is 12.5. The lowest BCUT2D eigenvalue weighted by molar-refractivity contribution is -0.148. The van der Waals surface area contributed by atoms with Gasteiger partial charge in [0.25, 0.3) is 0 Å². The molecule has 0 aromatic heterocycles. The van der Waals surface area contributed by atoms with E-state index in [0.717, 1.165) is 31.2 Å². The molecule has 0 aliphatic rings. The Hall–Kier alpha value is -3.63. The minimum absolute atomic E-state index is 0.122. The molecule has 0 fully saturated rings. The molecule has 242 valence electrons. The summed E-state index contributed by atoms with van der Waals surface area (Å²) in [6.45, 7) is 11.9. The minimum atomic E-state index is -0.923. The van der Waals surface area contributed by atoms with Crippen LogP contribution in [-0.2, 0) is 30.5 Å². The summed E-state index contributed by atoms with van der Waals surface area (Å²) in [6, 6.07) is 4.44. The fourth-order valence-corrected chi connectivity index (χ4v) is 4.26. The van der Waals surface area contributed by atoms with Gasteiger partial charge in [0, 0.05) is 18.7 Å². The maximum atomic E-state index is 13.3. The van der Waals surface area contributed by atoms with E-state index >= 15 is 0 Å². The van der Waals surface area contributed by atoms with E-state index in [-0.39, 0.29) is 43.3 Å². The first-order valence-corrected chi connectivity index (χ1v) is 15.5. The number of carbonyl (C=O) groups excluding carboxylic acids is 5. The Labute approximate surface area is 256 Å². The molecule has 0 heterocycles. The lowest BCUT2D eigenvalue weighted by atomic mass is 10.0. The Kier molecular flexibility index (Phi) is 17.7. The molecular formula is C32H53N5O6. The molecular weight excluding hydrogens is 550 g/mol. The average molecular weight is 604 g/mol. The topological polar surface area (TPSA) is 169 Å². The van der Waals surface area contributed by atoms with Gasteiger partial charge in [-0.2, -0.15) is 0 Å². The molecule has 1 aromatic carbocycles. The van der Waals surface area contributed by atoms with Crippen LogP contribution in [0.5, 0.6) is 0 Å². The molecule has 0 aliphatic heterocycles. The first-order valence-electron chi connectivity index (χ1n) is 15.5. The van der Waals surface area contributed by atoms with Crippen molar-refractivity contribution in [3.05, 3.63) is 29.8 Å². The summed E-state index contributed by atoms with van der Waals surface area (Å²) in [7, 11) is 0. The van der Waals surface area contributed by atoms with Crippen LogP contribution in [0.4, 0.5) is 10.5 Å². The minimum Gasteiger partial charge on any atom is -0.461 e. The van der Waals surface area contributed by atoms with Crippen molar-refractivity contribution in [2.75, 3.05) is 11.9 Å². The number of unbranched alkanes of at least 4 members (excludes halogenated alkanes) is 3. The second-order valence-corrected chi connectivity index (χ2v) is 12.1. The van der Waals surface area contributed by atoms with Gasteiger partial charge in [-0.1, -0.05) is 79.4 Å². The van der Waals surface area contributed by atoms with Crippen LogP contribution >= 0.6 is 0 Å². The Balaban J connectivity index is 2.80. The number of hydrogen-bond acceptors (Lipinski definition) is 6. The zero-order valence-electron chi connectivity index (χ0n) is 26.8. The molecule has 0 radical (unpaired) electrons. The van der Waals surface area contributed by atoms with Gasteiger partial charge in [0.2, 0.25) is 17.7 Å². The number of anilines is 1. The van der Waals surface area contributed by atoms with E-state index < -0.39 is 29.9 Å². The van der Waals surface area contributed by atoms with Gasteiger partial charge in [0.15, 0.2) is 0 Å². The lowest BCUT2D eigenvalue weighted by Gasteiger charge is -2.25. The number of nitrogens with one attached hydrogen (secondary N) is 4. The Bertz CT molecular complexity index is 1030. The van der Waals surface area contributed by atoms with Crippen LogP contribution in [0, 0.1) is 17.8 Å². The lowest BCUT2D eigenvalue weighted by Crippen LogP contribution is -2.54. The van der Waals surface area contributed by atoms with Gasteiger partial charge in [-0.3, -0.25) is 19.2 Å². The molecule has 0 saturated heterocycles. The number of carbonyl (C=O) groups is 5. The monoisotopic (exact) mass is 603 g/mol. The highest BCUT2D eigenvalue weighted by Gasteiger charge is 2.28. The summed E-state index contributed by atoms with van der Waals surface area (Å²) in [5.41, 5.74) is 6.40. The second-order valence-electron chi connectivity index (χ2n) is 12.1. The number of rotatable bonds is 20. The summed E-state index contributed by atoms with van der Waals surface area (Å²) < 4.78 is 5.24. The Morgan fingerprint density at radius 2 is 1.44 bits per heavy atom. The average Bonchev–Trinajstić information content (AvgIpc) is 2.93. The van der Waals surface area contributed by atoms with E-state index in [4.69, 9.17) is 10.5 Å². The van der Waals surface area contributed by atoms with Gasteiger partial charge in [0.1, 0.15) is 18.7 Å². The van der Waals surface area contributed by atoms with Gasteiger partial charge in [-0.25, -0.2) is 4.79 Å². The number of nitrogens with two attached hydrogens (primary N) is 1. The van der Waals surface area contributed by atoms with Crippen LogP contribution in [0.25, 0.3) is 0 Å². The van der Waals surface area contributed by atoms with Crippen molar-refractivity contribution in [1.82, 2.24) is 16.0 Å². The number of ether oxygens (including phenoxy) is 1. The smallest absolute Gasteiger partial charge is 0.312 e. The maximum Gasteiger partial charge on any atom is 0.312 e. The van der Waals surface area contributed by atoms with E-state index in [2.05, 4.69) is 35.1 Å². The molecule has 43 heavy (non-hydrogen) atoms. The van der Waals surface area contributed by atoms with E-state index in [0.29, 0.717) is 24.4 Å². The molecule has 6 N–H and O–H groups in total. The third kappa shape index (κ3) is 16.6. The molecule has 1 aromatic rings. The first kappa shape index (κ1) is 37.4. The predicted octanol–water partition coefficient (Wildman–Crippen LogP) is 4.40. The number of benzene rings is 1. The second kappa shape index (κ2) is 20.3. The van der Waals surface area contributed by atoms with Crippen molar-refractivity contribution >= 4 is 35.4 Å². The molecule has 11 nitrogen and oxygen atoms in total. The zero-order valence-corrected chi connectivity index (χ0v) is 26.8. The molecule has 0 spiro atoms. The van der Waals surface area contributed by atoms with Gasteiger partial charge in [0.05, 0.1) is 5.92 Å². The first-order chi connectivity index (χ1) is 20.3. The highest BCUT2D eigenvalue weighted by atomic mass is 16.5. The Morgan fingerprint density at radius 1 is 0.791 bits per heavy atom. The van der Waals surface area contributed by atoms with Crippen molar-refractivity contribution < 1.29 is 28.7 Å². The molecule has 0 saturated carbocycles. The van der Waals surface area contributed by atoms with Crippen LogP contribution in [0.15, 0.2) is 24.3 Å². The molecule has 0 bridgehead atoms. The van der Waals surface area contributed by atoms with Crippen molar-refractivity contribution in [2.45, 2.75) is 112 Å². The van der Waals surface area contributed by atoms with Crippen LogP contribution in [0.3, 0.4) is 0 Å². The maximum absolute atomic E-state index is 13.3. The number of amides is 5. The van der Waals surface area contributed by atoms with Gasteiger partial charge in [-0.05, 0) is 48.8 Å². The van der Waals surface area contributed by atoms with Crippen LogP contribution in [0.1, 0.15) is 98.5 Å². The van der Waals surface area contributed by atoms with Crippen LogP contribution < -0.4 is 27.0 Å². The van der Waals surface area contributed by atoms with Gasteiger partial charge in [-0.15, -0.1) is 0 Å². The number of urea groups is 1. The predicted molar refractivity (Wildman–Crippen MR) is 168 cm³/mol. The molecule has 0 unspecified atom stereocenters. The van der Waals surface area contributed by atoms with Crippen LogP contribution in [-0.4, -0.2) is 48.4 Å². The number of primary amides is 1. The highest BCUT2D eigenvalue weighted by Crippen LogP contribution is 2.14. The fraction of sp³-hybridized carbons (Fsp3) is 0.656. The van der Waals surface area contributed by atoms with Gasteiger partial charge >= 0.3 is 12.0 Å². The summed E-state index contributed by atoms with van der Waals surface area (Å²) in [5.74, 6) is -1.14. The summed E-state index contributed by atoms with van der Waals surface area (Å²) in [4.78, 5) is 61.9. The van der Waals surface area contributed by atoms with E-state index in [1.54, 1.807) is 38.1 Å². The molecule has 2 atom stereocenters. The SMILES string of the molecule is CC(C)CCCCCCC(=O)N[C@H](C(=O)N[C@@H](CCCNC(N)=O)C(=O)Nc1ccc(COC(=O)C(C)C)cc1)C(C)C. The van der Waals surface area contributed by atoms with Crippen molar-refractivity contribution in [3.8, 4) is 0 Å². The number of esters is 1. The summed E-state index contributed by atoms with van der Waals surface area (Å²) >= 11 is 0. The quantitative estimate of drug-likeness (QED) is 0.109. The molecule has 1 rings (SSSR count). The Morgan fingerprint density at radius 3 is 2.02 bits per heavy atom. The van der Waals surface area contributed by atoms with E-state index in [9.17, 15) is 24.0 Å². The summed E-state index contributed by atoms with van der Waals surface area (Å²) in [6.07, 6.45) is 6.08. The van der Waals surface area contributed by atoms with Gasteiger partial charge < -0.3 is 31.7 Å². The van der Waals surface area contributed by atoms with Crippen LogP contribution in [0.2, 0.25) is 0 Å².